The van der Waals surface area contributed by atoms with Gasteiger partial charge in [0, 0.05) is 31.7 Å². The number of benzene rings is 3. The van der Waals surface area contributed by atoms with Crippen molar-refractivity contribution in [3.8, 4) is 11.3 Å². The fourth-order valence-corrected chi connectivity index (χ4v) is 4.29. The minimum absolute atomic E-state index is 0.327. The number of piperazine rings is 1. The fraction of sp³-hybridized carbons (Fsp3) is 0.222. The quantitative estimate of drug-likeness (QED) is 0.426. The number of nitrogens with zero attached hydrogens (tertiary/aromatic N) is 4. The highest BCUT2D eigenvalue weighted by molar-refractivity contribution is 5.95. The van der Waals surface area contributed by atoms with Crippen molar-refractivity contribution in [3.63, 3.8) is 0 Å². The summed E-state index contributed by atoms with van der Waals surface area (Å²) in [5.41, 5.74) is 5.16. The normalized spacial score (nSPS) is 14.0. The van der Waals surface area contributed by atoms with Gasteiger partial charge in [0.2, 0.25) is 0 Å². The monoisotopic (exact) mass is 458 g/mol. The van der Waals surface area contributed by atoms with Crippen molar-refractivity contribution in [3.05, 3.63) is 89.0 Å². The summed E-state index contributed by atoms with van der Waals surface area (Å²) < 4.78 is 28.3. The molecule has 1 aliphatic heterocycles. The second-order valence-electron chi connectivity index (χ2n) is 8.56. The van der Waals surface area contributed by atoms with E-state index in [-0.39, 0.29) is 0 Å². The van der Waals surface area contributed by atoms with E-state index in [1.54, 1.807) is 0 Å². The number of hydrogen-bond acceptors (Lipinski definition) is 4. The van der Waals surface area contributed by atoms with Crippen molar-refractivity contribution in [2.45, 2.75) is 13.8 Å². The topological polar surface area (TPSA) is 49.3 Å². The Balaban J connectivity index is 1.48. The zero-order chi connectivity index (χ0) is 23.8. The van der Waals surface area contributed by atoms with E-state index in [0.717, 1.165) is 51.4 Å². The van der Waals surface area contributed by atoms with Crippen LogP contribution in [0.25, 0.3) is 22.3 Å². The highest BCUT2D eigenvalue weighted by Gasteiger charge is 2.28. The van der Waals surface area contributed by atoms with Crippen LogP contribution in [-0.2, 0) is 0 Å². The lowest BCUT2D eigenvalue weighted by atomic mass is 10.1. The van der Waals surface area contributed by atoms with Crippen LogP contribution in [0.4, 0.5) is 14.6 Å². The number of aromatic nitrogens is 2. The average molecular weight is 459 g/mol. The first kappa shape index (κ1) is 21.9. The van der Waals surface area contributed by atoms with Crippen LogP contribution >= 0.6 is 0 Å². The maximum Gasteiger partial charge on any atom is 0.259 e. The summed E-state index contributed by atoms with van der Waals surface area (Å²) in [6.07, 6.45) is 0. The number of rotatable bonds is 3. The average Bonchev–Trinajstić information content (AvgIpc) is 2.84. The smallest absolute Gasteiger partial charge is 0.259 e. The summed E-state index contributed by atoms with van der Waals surface area (Å²) in [5, 5.41) is 0. The van der Waals surface area contributed by atoms with E-state index >= 15 is 0 Å². The third-order valence-electron chi connectivity index (χ3n) is 6.35. The van der Waals surface area contributed by atoms with E-state index in [1.807, 2.05) is 49.4 Å². The standard InChI is InChI=1S/C27H24F2N4O/c1-17-15-22-23(16-18(17)2)31-26(25(30-22)19-7-4-3-5-8-19)32-11-13-33(14-12-32)27(34)24-20(28)9-6-10-21(24)29/h3-10,15-16H,11-14H2,1-2H3. The van der Waals surface area contributed by atoms with Gasteiger partial charge in [-0.05, 0) is 49.2 Å². The molecule has 0 aliphatic carbocycles. The molecule has 0 bridgehead atoms. The number of aryl methyl sites for hydroxylation is 2. The molecular weight excluding hydrogens is 434 g/mol. The van der Waals surface area contributed by atoms with Gasteiger partial charge in [-0.15, -0.1) is 0 Å². The van der Waals surface area contributed by atoms with Crippen LogP contribution in [0, 0.1) is 25.5 Å². The van der Waals surface area contributed by atoms with Crippen LogP contribution < -0.4 is 4.90 Å². The Morgan fingerprint density at radius 1 is 0.794 bits per heavy atom. The lowest BCUT2D eigenvalue weighted by Gasteiger charge is -2.36. The molecule has 0 saturated carbocycles. The van der Waals surface area contributed by atoms with E-state index in [9.17, 15) is 13.6 Å². The van der Waals surface area contributed by atoms with Crippen molar-refractivity contribution >= 4 is 22.8 Å². The molecule has 1 saturated heterocycles. The molecular formula is C27H24F2N4O. The Kier molecular flexibility index (Phi) is 5.69. The number of hydrogen-bond donors (Lipinski definition) is 0. The number of amides is 1. The van der Waals surface area contributed by atoms with Crippen molar-refractivity contribution in [1.29, 1.82) is 0 Å². The molecule has 34 heavy (non-hydrogen) atoms. The summed E-state index contributed by atoms with van der Waals surface area (Å²) in [7, 11) is 0. The van der Waals surface area contributed by atoms with Crippen molar-refractivity contribution in [2.75, 3.05) is 31.1 Å². The zero-order valence-corrected chi connectivity index (χ0v) is 19.1. The molecule has 0 radical (unpaired) electrons. The highest BCUT2D eigenvalue weighted by Crippen LogP contribution is 2.31. The van der Waals surface area contributed by atoms with Crippen LogP contribution in [-0.4, -0.2) is 47.0 Å². The first-order valence-electron chi connectivity index (χ1n) is 11.2. The Hall–Kier alpha value is -3.87. The van der Waals surface area contributed by atoms with Gasteiger partial charge in [-0.25, -0.2) is 18.7 Å². The number of halogens is 2. The van der Waals surface area contributed by atoms with Crippen molar-refractivity contribution < 1.29 is 13.6 Å². The minimum atomic E-state index is -0.843. The van der Waals surface area contributed by atoms with Gasteiger partial charge in [-0.2, -0.15) is 0 Å². The van der Waals surface area contributed by atoms with Gasteiger partial charge in [-0.3, -0.25) is 4.79 Å². The molecule has 5 nitrogen and oxygen atoms in total. The second kappa shape index (κ2) is 8.82. The molecule has 1 aromatic heterocycles. The number of anilines is 1. The summed E-state index contributed by atoms with van der Waals surface area (Å²) in [6.45, 7) is 5.72. The molecule has 5 rings (SSSR count). The van der Waals surface area contributed by atoms with Crippen LogP contribution in [0.15, 0.2) is 60.7 Å². The second-order valence-corrected chi connectivity index (χ2v) is 8.56. The number of fused-ring (bicyclic) bond motifs is 1. The van der Waals surface area contributed by atoms with E-state index < -0.39 is 23.1 Å². The molecule has 7 heteroatoms. The molecule has 0 spiro atoms. The molecule has 3 aromatic carbocycles. The van der Waals surface area contributed by atoms with Gasteiger partial charge in [0.25, 0.3) is 5.91 Å². The summed E-state index contributed by atoms with van der Waals surface area (Å²) in [4.78, 5) is 26.3. The maximum atomic E-state index is 14.1. The molecule has 1 aliphatic rings. The SMILES string of the molecule is Cc1cc2nc(-c3ccccc3)c(N3CCN(C(=O)c4c(F)cccc4F)CC3)nc2cc1C. The Labute approximate surface area is 196 Å². The van der Waals surface area contributed by atoms with Crippen LogP contribution in [0.3, 0.4) is 0 Å². The van der Waals surface area contributed by atoms with Crippen LogP contribution in [0.5, 0.6) is 0 Å². The minimum Gasteiger partial charge on any atom is -0.351 e. The molecule has 0 atom stereocenters. The predicted octanol–water partition coefficient (Wildman–Crippen LogP) is 5.15. The van der Waals surface area contributed by atoms with Gasteiger partial charge >= 0.3 is 0 Å². The molecule has 0 unspecified atom stereocenters. The van der Waals surface area contributed by atoms with Gasteiger partial charge in [-0.1, -0.05) is 36.4 Å². The lowest BCUT2D eigenvalue weighted by Crippen LogP contribution is -2.49. The Morgan fingerprint density at radius 2 is 1.38 bits per heavy atom. The lowest BCUT2D eigenvalue weighted by molar-refractivity contribution is 0.0736. The first-order chi connectivity index (χ1) is 16.4. The molecule has 1 amide bonds. The molecule has 4 aromatic rings. The van der Waals surface area contributed by atoms with Crippen molar-refractivity contribution in [2.24, 2.45) is 0 Å². The van der Waals surface area contributed by atoms with Gasteiger partial charge < -0.3 is 9.80 Å². The summed E-state index contributed by atoms with van der Waals surface area (Å²) in [6, 6.07) is 17.4. The molecule has 2 heterocycles. The third kappa shape index (κ3) is 3.98. The van der Waals surface area contributed by atoms with E-state index in [1.165, 1.54) is 11.0 Å². The molecule has 172 valence electrons. The highest BCUT2D eigenvalue weighted by atomic mass is 19.1. The first-order valence-corrected chi connectivity index (χ1v) is 11.2. The van der Waals surface area contributed by atoms with Crippen LogP contribution in [0.2, 0.25) is 0 Å². The number of carbonyl (C=O) groups excluding carboxylic acids is 1. The van der Waals surface area contributed by atoms with Gasteiger partial charge in [0.15, 0.2) is 5.82 Å². The van der Waals surface area contributed by atoms with E-state index in [2.05, 4.69) is 11.8 Å². The fourth-order valence-electron chi connectivity index (χ4n) is 4.29. The zero-order valence-electron chi connectivity index (χ0n) is 19.1. The maximum absolute atomic E-state index is 14.1. The summed E-state index contributed by atoms with van der Waals surface area (Å²) in [5.74, 6) is -1.57. The van der Waals surface area contributed by atoms with Gasteiger partial charge in [0.1, 0.15) is 22.9 Å². The van der Waals surface area contributed by atoms with Crippen LogP contribution in [0.1, 0.15) is 21.5 Å². The predicted molar refractivity (Wildman–Crippen MR) is 129 cm³/mol. The molecule has 0 N–H and O–H groups in total. The largest absolute Gasteiger partial charge is 0.351 e. The van der Waals surface area contributed by atoms with E-state index in [4.69, 9.17) is 9.97 Å². The molecule has 1 fully saturated rings. The Bertz CT molecular complexity index is 1360. The third-order valence-corrected chi connectivity index (χ3v) is 6.35. The Morgan fingerprint density at radius 3 is 2.00 bits per heavy atom. The van der Waals surface area contributed by atoms with Gasteiger partial charge in [0.05, 0.1) is 11.0 Å². The van der Waals surface area contributed by atoms with Crippen molar-refractivity contribution in [1.82, 2.24) is 14.9 Å². The number of carbonyl (C=O) groups is 1. The van der Waals surface area contributed by atoms with E-state index in [0.29, 0.717) is 26.2 Å². The summed E-state index contributed by atoms with van der Waals surface area (Å²) >= 11 is 0.